The molecule has 0 radical (unpaired) electrons. The predicted molar refractivity (Wildman–Crippen MR) is 68.1 cm³/mol. The third-order valence-corrected chi connectivity index (χ3v) is 3.09. The summed E-state index contributed by atoms with van der Waals surface area (Å²) in [6, 6.07) is 6.20. The summed E-state index contributed by atoms with van der Waals surface area (Å²) in [4.78, 5) is 0. The van der Waals surface area contributed by atoms with Gasteiger partial charge < -0.3 is 15.2 Å². The SMILES string of the molecule is COc1ccc(CCN)cc1COCC1CC1. The Bertz CT molecular complexity index is 361. The maximum atomic E-state index is 5.71. The van der Waals surface area contributed by atoms with Crippen LogP contribution in [0.3, 0.4) is 0 Å². The molecule has 3 heteroatoms. The zero-order valence-corrected chi connectivity index (χ0v) is 10.4. The molecule has 0 unspecified atom stereocenters. The number of ether oxygens (including phenoxy) is 2. The van der Waals surface area contributed by atoms with Gasteiger partial charge in [-0.3, -0.25) is 0 Å². The molecule has 1 aromatic rings. The summed E-state index contributed by atoms with van der Waals surface area (Å²) >= 11 is 0. The van der Waals surface area contributed by atoms with Crippen molar-refractivity contribution in [2.75, 3.05) is 20.3 Å². The van der Waals surface area contributed by atoms with E-state index in [1.54, 1.807) is 7.11 Å². The van der Waals surface area contributed by atoms with Crippen LogP contribution in [0.5, 0.6) is 5.75 Å². The highest BCUT2D eigenvalue weighted by Crippen LogP contribution is 2.29. The summed E-state index contributed by atoms with van der Waals surface area (Å²) in [5, 5.41) is 0. The van der Waals surface area contributed by atoms with Crippen molar-refractivity contribution in [3.63, 3.8) is 0 Å². The summed E-state index contributed by atoms with van der Waals surface area (Å²) in [5.41, 5.74) is 7.94. The van der Waals surface area contributed by atoms with Gasteiger partial charge in [0.15, 0.2) is 0 Å². The Morgan fingerprint density at radius 2 is 2.18 bits per heavy atom. The van der Waals surface area contributed by atoms with E-state index in [2.05, 4.69) is 12.1 Å². The van der Waals surface area contributed by atoms with Crippen LogP contribution in [0, 0.1) is 5.92 Å². The van der Waals surface area contributed by atoms with Crippen molar-refractivity contribution in [1.29, 1.82) is 0 Å². The van der Waals surface area contributed by atoms with Crippen LogP contribution in [0.4, 0.5) is 0 Å². The molecule has 3 nitrogen and oxygen atoms in total. The lowest BCUT2D eigenvalue weighted by Crippen LogP contribution is -2.04. The maximum Gasteiger partial charge on any atom is 0.124 e. The number of nitrogens with two attached hydrogens (primary N) is 1. The van der Waals surface area contributed by atoms with E-state index in [0.29, 0.717) is 13.2 Å². The van der Waals surface area contributed by atoms with Crippen molar-refractivity contribution in [3.8, 4) is 5.75 Å². The predicted octanol–water partition coefficient (Wildman–Crippen LogP) is 2.12. The van der Waals surface area contributed by atoms with Crippen LogP contribution < -0.4 is 10.5 Å². The fourth-order valence-corrected chi connectivity index (χ4v) is 1.89. The molecular formula is C14H21NO2. The first-order valence-corrected chi connectivity index (χ1v) is 6.27. The van der Waals surface area contributed by atoms with Gasteiger partial charge >= 0.3 is 0 Å². The van der Waals surface area contributed by atoms with E-state index < -0.39 is 0 Å². The maximum absolute atomic E-state index is 5.71. The fraction of sp³-hybridized carbons (Fsp3) is 0.571. The summed E-state index contributed by atoms with van der Waals surface area (Å²) < 4.78 is 11.0. The average molecular weight is 235 g/mol. The Kier molecular flexibility index (Phi) is 4.40. The average Bonchev–Trinajstić information content (AvgIpc) is 3.14. The Morgan fingerprint density at radius 1 is 1.35 bits per heavy atom. The summed E-state index contributed by atoms with van der Waals surface area (Å²) in [6.07, 6.45) is 3.55. The van der Waals surface area contributed by atoms with Crippen molar-refractivity contribution < 1.29 is 9.47 Å². The molecule has 1 aliphatic rings. The Labute approximate surface area is 103 Å². The van der Waals surface area contributed by atoms with Crippen LogP contribution in [0.25, 0.3) is 0 Å². The van der Waals surface area contributed by atoms with Gasteiger partial charge in [0.05, 0.1) is 13.7 Å². The summed E-state index contributed by atoms with van der Waals surface area (Å²) in [7, 11) is 1.70. The zero-order chi connectivity index (χ0) is 12.1. The topological polar surface area (TPSA) is 44.5 Å². The second-order valence-electron chi connectivity index (χ2n) is 4.64. The Hall–Kier alpha value is -1.06. The first-order valence-electron chi connectivity index (χ1n) is 6.27. The van der Waals surface area contributed by atoms with Crippen LogP contribution in [0.1, 0.15) is 24.0 Å². The lowest BCUT2D eigenvalue weighted by Gasteiger charge is -2.11. The summed E-state index contributed by atoms with van der Waals surface area (Å²) in [6.45, 7) is 2.19. The van der Waals surface area contributed by atoms with Crippen molar-refractivity contribution in [2.24, 2.45) is 11.7 Å². The molecule has 1 aliphatic carbocycles. The third-order valence-electron chi connectivity index (χ3n) is 3.09. The highest BCUT2D eigenvalue weighted by Gasteiger charge is 2.21. The smallest absolute Gasteiger partial charge is 0.124 e. The minimum atomic E-state index is 0.637. The van der Waals surface area contributed by atoms with Crippen LogP contribution in [-0.4, -0.2) is 20.3 Å². The Morgan fingerprint density at radius 3 is 2.82 bits per heavy atom. The summed E-state index contributed by atoms with van der Waals surface area (Å²) in [5.74, 6) is 1.70. The van der Waals surface area contributed by atoms with E-state index in [0.717, 1.165) is 30.3 Å². The molecule has 17 heavy (non-hydrogen) atoms. The molecule has 1 saturated carbocycles. The molecule has 94 valence electrons. The van der Waals surface area contributed by atoms with Crippen LogP contribution >= 0.6 is 0 Å². The lowest BCUT2D eigenvalue weighted by atomic mass is 10.1. The molecule has 0 bridgehead atoms. The van der Waals surface area contributed by atoms with E-state index >= 15 is 0 Å². The van der Waals surface area contributed by atoms with E-state index in [1.165, 1.54) is 18.4 Å². The van der Waals surface area contributed by atoms with Gasteiger partial charge in [0, 0.05) is 12.2 Å². The molecule has 2 N–H and O–H groups in total. The number of hydrogen-bond donors (Lipinski definition) is 1. The minimum Gasteiger partial charge on any atom is -0.496 e. The van der Waals surface area contributed by atoms with Gasteiger partial charge in [0.1, 0.15) is 5.75 Å². The quantitative estimate of drug-likeness (QED) is 0.787. The van der Waals surface area contributed by atoms with Crippen molar-refractivity contribution in [2.45, 2.75) is 25.9 Å². The van der Waals surface area contributed by atoms with Crippen molar-refractivity contribution in [3.05, 3.63) is 29.3 Å². The second kappa shape index (κ2) is 6.03. The van der Waals surface area contributed by atoms with E-state index in [1.807, 2.05) is 6.07 Å². The Balaban J connectivity index is 1.96. The van der Waals surface area contributed by atoms with Crippen molar-refractivity contribution in [1.82, 2.24) is 0 Å². The zero-order valence-electron chi connectivity index (χ0n) is 10.4. The van der Waals surface area contributed by atoms with Gasteiger partial charge in [-0.2, -0.15) is 0 Å². The second-order valence-corrected chi connectivity index (χ2v) is 4.64. The number of rotatable bonds is 7. The normalized spacial score (nSPS) is 14.9. The van der Waals surface area contributed by atoms with E-state index in [4.69, 9.17) is 15.2 Å². The van der Waals surface area contributed by atoms with Gasteiger partial charge in [0.25, 0.3) is 0 Å². The van der Waals surface area contributed by atoms with Crippen LogP contribution in [0.2, 0.25) is 0 Å². The van der Waals surface area contributed by atoms with Crippen molar-refractivity contribution >= 4 is 0 Å². The molecule has 0 atom stereocenters. The molecule has 1 aromatic carbocycles. The lowest BCUT2D eigenvalue weighted by molar-refractivity contribution is 0.109. The molecule has 0 heterocycles. The fourth-order valence-electron chi connectivity index (χ4n) is 1.89. The first kappa shape index (κ1) is 12.4. The first-order chi connectivity index (χ1) is 8.33. The minimum absolute atomic E-state index is 0.637. The number of benzene rings is 1. The van der Waals surface area contributed by atoms with Gasteiger partial charge in [-0.1, -0.05) is 6.07 Å². The standard InChI is InChI=1S/C14H21NO2/c1-16-14-5-4-11(6-7-15)8-13(14)10-17-9-12-2-3-12/h4-5,8,12H,2-3,6-7,9-10,15H2,1H3. The molecule has 0 aliphatic heterocycles. The molecule has 0 saturated heterocycles. The van der Waals surface area contributed by atoms with Gasteiger partial charge in [-0.15, -0.1) is 0 Å². The van der Waals surface area contributed by atoms with Gasteiger partial charge in [-0.05, 0) is 49.4 Å². The van der Waals surface area contributed by atoms with Crippen LogP contribution in [-0.2, 0) is 17.8 Å². The van der Waals surface area contributed by atoms with Gasteiger partial charge in [-0.25, -0.2) is 0 Å². The monoisotopic (exact) mass is 235 g/mol. The molecule has 0 spiro atoms. The molecule has 1 fully saturated rings. The largest absolute Gasteiger partial charge is 0.496 e. The number of methoxy groups -OCH3 is 1. The van der Waals surface area contributed by atoms with Gasteiger partial charge in [0.2, 0.25) is 0 Å². The third kappa shape index (κ3) is 3.72. The molecule has 2 rings (SSSR count). The van der Waals surface area contributed by atoms with Crippen LogP contribution in [0.15, 0.2) is 18.2 Å². The molecular weight excluding hydrogens is 214 g/mol. The highest BCUT2D eigenvalue weighted by atomic mass is 16.5. The van der Waals surface area contributed by atoms with E-state index in [-0.39, 0.29) is 0 Å². The molecule has 0 amide bonds. The molecule has 0 aromatic heterocycles. The van der Waals surface area contributed by atoms with E-state index in [9.17, 15) is 0 Å². The number of hydrogen-bond acceptors (Lipinski definition) is 3. The highest BCUT2D eigenvalue weighted by molar-refractivity contribution is 5.37.